The molecule has 0 N–H and O–H groups in total. The maximum atomic E-state index is 13.2. The molecule has 5 nitrogen and oxygen atoms in total. The number of fused-ring (bicyclic) bond motifs is 1. The van der Waals surface area contributed by atoms with Gasteiger partial charge in [-0.1, -0.05) is 36.4 Å². The molecule has 0 aromatic heterocycles. The van der Waals surface area contributed by atoms with Crippen LogP contribution in [0.4, 0.5) is 10.1 Å². The number of para-hydroxylation sites is 1. The number of halogens is 1. The SMILES string of the molecule is O=C(OCc1cccc(F)c1)c1cccc(S(=O)(=O)N2CCc3ccccc32)c1. The topological polar surface area (TPSA) is 63.7 Å². The van der Waals surface area contributed by atoms with Gasteiger partial charge in [-0.2, -0.15) is 0 Å². The van der Waals surface area contributed by atoms with E-state index in [0.29, 0.717) is 24.2 Å². The van der Waals surface area contributed by atoms with Crippen molar-refractivity contribution in [3.8, 4) is 0 Å². The van der Waals surface area contributed by atoms with E-state index in [1.54, 1.807) is 18.2 Å². The van der Waals surface area contributed by atoms with E-state index in [2.05, 4.69) is 0 Å². The molecule has 29 heavy (non-hydrogen) atoms. The van der Waals surface area contributed by atoms with Gasteiger partial charge in [0, 0.05) is 6.54 Å². The van der Waals surface area contributed by atoms with Gasteiger partial charge in [-0.15, -0.1) is 0 Å². The van der Waals surface area contributed by atoms with Crippen LogP contribution in [0.1, 0.15) is 21.5 Å². The Morgan fingerprint density at radius 1 is 1.00 bits per heavy atom. The van der Waals surface area contributed by atoms with Gasteiger partial charge in [0.05, 0.1) is 16.1 Å². The fraction of sp³-hybridized carbons (Fsp3) is 0.136. The lowest BCUT2D eigenvalue weighted by Gasteiger charge is -2.19. The van der Waals surface area contributed by atoms with E-state index >= 15 is 0 Å². The molecule has 4 rings (SSSR count). The van der Waals surface area contributed by atoms with Crippen molar-refractivity contribution in [3.63, 3.8) is 0 Å². The number of ether oxygens (including phenoxy) is 1. The Balaban J connectivity index is 1.55. The summed E-state index contributed by atoms with van der Waals surface area (Å²) in [6.07, 6.45) is 0.644. The lowest BCUT2D eigenvalue weighted by Crippen LogP contribution is -2.29. The van der Waals surface area contributed by atoms with Gasteiger partial charge in [-0.25, -0.2) is 17.6 Å². The number of hydrogen-bond acceptors (Lipinski definition) is 4. The third-order valence-electron chi connectivity index (χ3n) is 4.76. The molecule has 0 saturated heterocycles. The summed E-state index contributed by atoms with van der Waals surface area (Å²) < 4.78 is 46.0. The monoisotopic (exact) mass is 411 g/mol. The van der Waals surface area contributed by atoms with Gasteiger partial charge in [0.15, 0.2) is 0 Å². The van der Waals surface area contributed by atoms with E-state index in [-0.39, 0.29) is 17.1 Å². The number of rotatable bonds is 5. The molecular formula is C22H18FNO4S. The van der Waals surface area contributed by atoms with Gasteiger partial charge in [0.1, 0.15) is 12.4 Å². The molecular weight excluding hydrogens is 393 g/mol. The first-order valence-electron chi connectivity index (χ1n) is 9.07. The van der Waals surface area contributed by atoms with Crippen molar-refractivity contribution in [1.82, 2.24) is 0 Å². The number of nitrogens with zero attached hydrogens (tertiary/aromatic N) is 1. The smallest absolute Gasteiger partial charge is 0.338 e. The zero-order valence-electron chi connectivity index (χ0n) is 15.4. The third-order valence-corrected chi connectivity index (χ3v) is 6.57. The zero-order valence-corrected chi connectivity index (χ0v) is 16.2. The number of hydrogen-bond donors (Lipinski definition) is 0. The third kappa shape index (κ3) is 3.86. The Morgan fingerprint density at radius 2 is 1.79 bits per heavy atom. The van der Waals surface area contributed by atoms with Gasteiger partial charge in [0.25, 0.3) is 10.0 Å². The van der Waals surface area contributed by atoms with Gasteiger partial charge >= 0.3 is 5.97 Å². The Labute approximate surface area is 168 Å². The van der Waals surface area contributed by atoms with Crippen LogP contribution in [0.3, 0.4) is 0 Å². The van der Waals surface area contributed by atoms with Crippen molar-refractivity contribution < 1.29 is 22.3 Å². The first-order chi connectivity index (χ1) is 13.9. The summed E-state index contributed by atoms with van der Waals surface area (Å²) in [5.41, 5.74) is 2.26. The number of carbonyl (C=O) groups excluding carboxylic acids is 1. The zero-order chi connectivity index (χ0) is 20.4. The molecule has 0 fully saturated rings. The lowest BCUT2D eigenvalue weighted by atomic mass is 10.2. The standard InChI is InChI=1S/C22H18FNO4S/c23-19-8-3-5-16(13-19)15-28-22(25)18-7-4-9-20(14-18)29(26,27)24-12-11-17-6-1-2-10-21(17)24/h1-10,13-14H,11-12,15H2. The van der Waals surface area contributed by atoms with E-state index in [9.17, 15) is 17.6 Å². The molecule has 0 unspecified atom stereocenters. The lowest BCUT2D eigenvalue weighted by molar-refractivity contribution is 0.0472. The molecule has 0 aliphatic carbocycles. The summed E-state index contributed by atoms with van der Waals surface area (Å²) in [5, 5.41) is 0. The molecule has 1 heterocycles. The summed E-state index contributed by atoms with van der Waals surface area (Å²) in [6.45, 7) is 0.253. The van der Waals surface area contributed by atoms with Crippen LogP contribution in [0.25, 0.3) is 0 Å². The molecule has 0 atom stereocenters. The van der Waals surface area contributed by atoms with E-state index < -0.39 is 21.8 Å². The van der Waals surface area contributed by atoms with E-state index in [1.807, 2.05) is 12.1 Å². The highest BCUT2D eigenvalue weighted by Crippen LogP contribution is 2.32. The van der Waals surface area contributed by atoms with Crippen LogP contribution in [0.2, 0.25) is 0 Å². The second kappa shape index (κ2) is 7.67. The van der Waals surface area contributed by atoms with Gasteiger partial charge in [-0.05, 0) is 53.9 Å². The number of sulfonamides is 1. The Kier molecular flexibility index (Phi) is 5.07. The predicted molar refractivity (Wildman–Crippen MR) is 107 cm³/mol. The number of carbonyl (C=O) groups is 1. The van der Waals surface area contributed by atoms with Crippen LogP contribution in [-0.2, 0) is 27.8 Å². The second-order valence-corrected chi connectivity index (χ2v) is 8.55. The molecule has 3 aromatic carbocycles. The normalized spacial score (nSPS) is 13.2. The highest BCUT2D eigenvalue weighted by molar-refractivity contribution is 7.92. The first-order valence-corrected chi connectivity index (χ1v) is 10.5. The molecule has 148 valence electrons. The quantitative estimate of drug-likeness (QED) is 0.597. The number of benzene rings is 3. The maximum Gasteiger partial charge on any atom is 0.338 e. The molecule has 1 aliphatic rings. The van der Waals surface area contributed by atoms with Crippen LogP contribution < -0.4 is 4.31 Å². The van der Waals surface area contributed by atoms with Crippen LogP contribution in [0.15, 0.2) is 77.7 Å². The molecule has 7 heteroatoms. The Hall–Kier alpha value is -3.19. The van der Waals surface area contributed by atoms with E-state index in [1.165, 1.54) is 46.8 Å². The van der Waals surface area contributed by atoms with E-state index in [4.69, 9.17) is 4.74 Å². The molecule has 0 radical (unpaired) electrons. The molecule has 0 amide bonds. The van der Waals surface area contributed by atoms with Crippen molar-refractivity contribution in [2.24, 2.45) is 0 Å². The average Bonchev–Trinajstić information content (AvgIpc) is 3.17. The van der Waals surface area contributed by atoms with Crippen LogP contribution in [0.5, 0.6) is 0 Å². The summed E-state index contributed by atoms with van der Waals surface area (Å²) in [6, 6.07) is 18.9. The van der Waals surface area contributed by atoms with Gasteiger partial charge in [0.2, 0.25) is 0 Å². The Bertz CT molecular complexity index is 1180. The van der Waals surface area contributed by atoms with Crippen LogP contribution in [0, 0.1) is 5.82 Å². The molecule has 0 bridgehead atoms. The van der Waals surface area contributed by atoms with Crippen molar-refractivity contribution in [3.05, 3.63) is 95.3 Å². The molecule has 0 saturated carbocycles. The number of esters is 1. The minimum atomic E-state index is -3.80. The first kappa shape index (κ1) is 19.1. The maximum absolute atomic E-state index is 13.2. The van der Waals surface area contributed by atoms with Crippen molar-refractivity contribution in [1.29, 1.82) is 0 Å². The average molecular weight is 411 g/mol. The van der Waals surface area contributed by atoms with Crippen LogP contribution in [-0.4, -0.2) is 20.9 Å². The summed E-state index contributed by atoms with van der Waals surface area (Å²) in [4.78, 5) is 12.4. The van der Waals surface area contributed by atoms with Crippen molar-refractivity contribution in [2.75, 3.05) is 10.8 Å². The molecule has 1 aliphatic heterocycles. The molecule has 0 spiro atoms. The largest absolute Gasteiger partial charge is 0.457 e. The second-order valence-electron chi connectivity index (χ2n) is 6.69. The van der Waals surface area contributed by atoms with Gasteiger partial charge < -0.3 is 4.74 Å². The minimum absolute atomic E-state index is 0.0226. The van der Waals surface area contributed by atoms with E-state index in [0.717, 1.165) is 5.56 Å². The summed E-state index contributed by atoms with van der Waals surface area (Å²) >= 11 is 0. The predicted octanol–water partition coefficient (Wildman–Crippen LogP) is 3.93. The summed E-state index contributed by atoms with van der Waals surface area (Å²) in [5.74, 6) is -1.09. The molecule has 3 aromatic rings. The minimum Gasteiger partial charge on any atom is -0.457 e. The van der Waals surface area contributed by atoms with Crippen molar-refractivity contribution >= 4 is 21.7 Å². The highest BCUT2D eigenvalue weighted by atomic mass is 32.2. The number of anilines is 1. The van der Waals surface area contributed by atoms with Crippen molar-refractivity contribution in [2.45, 2.75) is 17.9 Å². The van der Waals surface area contributed by atoms with Crippen LogP contribution >= 0.6 is 0 Å². The summed E-state index contributed by atoms with van der Waals surface area (Å²) in [7, 11) is -3.80. The highest BCUT2D eigenvalue weighted by Gasteiger charge is 2.31. The Morgan fingerprint density at radius 3 is 2.62 bits per heavy atom. The van der Waals surface area contributed by atoms with Gasteiger partial charge in [-0.3, -0.25) is 4.31 Å². The fourth-order valence-electron chi connectivity index (χ4n) is 3.33. The fourth-order valence-corrected chi connectivity index (χ4v) is 4.88.